The molecule has 5 rings (SSSR count). The third-order valence-electron chi connectivity index (χ3n) is 7.21. The predicted octanol–water partition coefficient (Wildman–Crippen LogP) is 5.37. The van der Waals surface area contributed by atoms with Crippen LogP contribution in [0.2, 0.25) is 0 Å². The number of nitrogens with zero attached hydrogens (tertiary/aromatic N) is 1. The van der Waals surface area contributed by atoms with E-state index < -0.39 is 5.60 Å². The Balaban J connectivity index is 1.34. The average molecular weight is 479 g/mol. The Labute approximate surface area is 204 Å². The quantitative estimate of drug-likeness (QED) is 0.483. The number of Topliss-reactive ketones (excluding diaryl/α,β-unsaturated/α-hetero) is 1. The first-order valence-corrected chi connectivity index (χ1v) is 12.4. The van der Waals surface area contributed by atoms with Gasteiger partial charge in [-0.3, -0.25) is 9.59 Å². The number of piperidine rings is 1. The van der Waals surface area contributed by atoms with E-state index in [1.54, 1.807) is 31.2 Å². The monoisotopic (exact) mass is 478 g/mol. The molecule has 2 aliphatic heterocycles. The van der Waals surface area contributed by atoms with Crippen molar-refractivity contribution in [3.63, 3.8) is 0 Å². The molecule has 0 aliphatic carbocycles. The van der Waals surface area contributed by atoms with Crippen molar-refractivity contribution in [3.05, 3.63) is 64.7 Å². The van der Waals surface area contributed by atoms with Crippen LogP contribution in [0.25, 0.3) is 11.0 Å². The van der Waals surface area contributed by atoms with Gasteiger partial charge in [0.1, 0.15) is 22.8 Å². The van der Waals surface area contributed by atoms with Gasteiger partial charge in [0.15, 0.2) is 11.5 Å². The van der Waals surface area contributed by atoms with Gasteiger partial charge in [0.05, 0.1) is 12.0 Å². The van der Waals surface area contributed by atoms with Crippen LogP contribution in [0, 0.1) is 12.7 Å². The zero-order chi connectivity index (χ0) is 24.6. The van der Waals surface area contributed by atoms with Gasteiger partial charge in [-0.05, 0) is 82.6 Å². The third kappa shape index (κ3) is 4.57. The lowest BCUT2D eigenvalue weighted by atomic mass is 9.84. The van der Waals surface area contributed by atoms with Crippen molar-refractivity contribution < 1.29 is 23.1 Å². The van der Waals surface area contributed by atoms with E-state index in [2.05, 4.69) is 10.2 Å². The summed E-state index contributed by atoms with van der Waals surface area (Å²) in [4.78, 5) is 28.7. The van der Waals surface area contributed by atoms with Crippen LogP contribution >= 0.6 is 0 Å². The molecular formula is C28H31FN2O4. The molecule has 0 spiro atoms. The minimum absolute atomic E-state index is 0.0962. The first-order valence-electron chi connectivity index (χ1n) is 12.4. The summed E-state index contributed by atoms with van der Waals surface area (Å²) in [5.41, 5.74) is 1.38. The SMILES string of the molecule is Cc1c(C(=O)NCCCN2CCCCC2)oc2ccc3c(c12)C(=O)C[C@](C)(c1ccc(F)cc1)O3. The van der Waals surface area contributed by atoms with E-state index in [9.17, 15) is 14.0 Å². The van der Waals surface area contributed by atoms with Crippen molar-refractivity contribution in [2.45, 2.75) is 51.6 Å². The second-order valence-electron chi connectivity index (χ2n) is 9.82. The summed E-state index contributed by atoms with van der Waals surface area (Å²) in [5.74, 6) is -0.0376. The maximum Gasteiger partial charge on any atom is 0.287 e. The number of amides is 1. The number of hydrogen-bond acceptors (Lipinski definition) is 5. The van der Waals surface area contributed by atoms with Gasteiger partial charge in [-0.15, -0.1) is 0 Å². The molecule has 0 radical (unpaired) electrons. The Morgan fingerprint density at radius 1 is 1.11 bits per heavy atom. The first-order chi connectivity index (χ1) is 16.9. The van der Waals surface area contributed by atoms with E-state index in [4.69, 9.17) is 9.15 Å². The highest BCUT2D eigenvalue weighted by molar-refractivity contribution is 6.13. The molecule has 0 saturated carbocycles. The highest BCUT2D eigenvalue weighted by Gasteiger charge is 2.40. The average Bonchev–Trinajstić information content (AvgIpc) is 3.19. The van der Waals surface area contributed by atoms with Gasteiger partial charge >= 0.3 is 0 Å². The third-order valence-corrected chi connectivity index (χ3v) is 7.21. The summed E-state index contributed by atoms with van der Waals surface area (Å²) in [5, 5.41) is 3.58. The summed E-state index contributed by atoms with van der Waals surface area (Å²) < 4.78 is 25.6. The Hall–Kier alpha value is -3.19. The number of ketones is 1. The Morgan fingerprint density at radius 2 is 1.86 bits per heavy atom. The number of nitrogens with one attached hydrogen (secondary N) is 1. The minimum atomic E-state index is -0.905. The fourth-order valence-electron chi connectivity index (χ4n) is 5.31. The number of benzene rings is 2. The van der Waals surface area contributed by atoms with E-state index in [-0.39, 0.29) is 29.7 Å². The van der Waals surface area contributed by atoms with E-state index >= 15 is 0 Å². The van der Waals surface area contributed by atoms with Crippen molar-refractivity contribution >= 4 is 22.7 Å². The van der Waals surface area contributed by atoms with Gasteiger partial charge in [-0.25, -0.2) is 4.39 Å². The first kappa shape index (κ1) is 23.5. The number of halogens is 1. The van der Waals surface area contributed by atoms with Crippen LogP contribution in [0.1, 0.15) is 71.1 Å². The van der Waals surface area contributed by atoms with Gasteiger partial charge in [-0.1, -0.05) is 18.6 Å². The molecule has 1 N–H and O–H groups in total. The van der Waals surface area contributed by atoms with E-state index in [1.165, 1.54) is 31.4 Å². The zero-order valence-corrected chi connectivity index (χ0v) is 20.3. The fourth-order valence-corrected chi connectivity index (χ4v) is 5.31. The van der Waals surface area contributed by atoms with Crippen molar-refractivity contribution in [2.24, 2.45) is 0 Å². The number of rotatable bonds is 6. The Morgan fingerprint density at radius 3 is 2.60 bits per heavy atom. The molecule has 7 heteroatoms. The van der Waals surface area contributed by atoms with Crippen LogP contribution in [-0.2, 0) is 5.60 Å². The Bertz CT molecular complexity index is 1260. The summed E-state index contributed by atoms with van der Waals surface area (Å²) in [6.07, 6.45) is 4.80. The molecular weight excluding hydrogens is 447 g/mol. The van der Waals surface area contributed by atoms with Crippen molar-refractivity contribution in [1.82, 2.24) is 10.2 Å². The zero-order valence-electron chi connectivity index (χ0n) is 20.3. The largest absolute Gasteiger partial charge is 0.482 e. The molecule has 6 nitrogen and oxygen atoms in total. The maximum atomic E-state index is 13.4. The number of likely N-dealkylation sites (tertiary alicyclic amines) is 1. The molecule has 1 fully saturated rings. The molecule has 0 bridgehead atoms. The summed E-state index contributed by atoms with van der Waals surface area (Å²) >= 11 is 0. The summed E-state index contributed by atoms with van der Waals surface area (Å²) in [6, 6.07) is 9.46. The summed E-state index contributed by atoms with van der Waals surface area (Å²) in [6.45, 7) is 7.45. The van der Waals surface area contributed by atoms with Crippen molar-refractivity contribution in [2.75, 3.05) is 26.2 Å². The number of hydrogen-bond donors (Lipinski definition) is 1. The van der Waals surface area contributed by atoms with Gasteiger partial charge < -0.3 is 19.4 Å². The molecule has 1 atom stereocenters. The second-order valence-corrected chi connectivity index (χ2v) is 9.82. The molecule has 0 unspecified atom stereocenters. The summed E-state index contributed by atoms with van der Waals surface area (Å²) in [7, 11) is 0. The maximum absolute atomic E-state index is 13.4. The second kappa shape index (κ2) is 9.46. The van der Waals surface area contributed by atoms with Crippen LogP contribution in [0.15, 0.2) is 40.8 Å². The highest BCUT2D eigenvalue weighted by atomic mass is 19.1. The number of ether oxygens (including phenoxy) is 1. The topological polar surface area (TPSA) is 71.8 Å². The van der Waals surface area contributed by atoms with Crippen LogP contribution in [0.3, 0.4) is 0 Å². The molecule has 2 aromatic carbocycles. The molecule has 1 saturated heterocycles. The molecule has 184 valence electrons. The normalized spacial score (nSPS) is 20.5. The molecule has 35 heavy (non-hydrogen) atoms. The van der Waals surface area contributed by atoms with Gasteiger partial charge in [0.2, 0.25) is 0 Å². The molecule has 3 heterocycles. The van der Waals surface area contributed by atoms with Crippen LogP contribution in [0.4, 0.5) is 4.39 Å². The van der Waals surface area contributed by atoms with Crippen molar-refractivity contribution in [1.29, 1.82) is 0 Å². The lowest BCUT2D eigenvalue weighted by Crippen LogP contribution is -2.36. The molecule has 1 amide bonds. The van der Waals surface area contributed by atoms with Gasteiger partial charge in [-0.2, -0.15) is 0 Å². The minimum Gasteiger partial charge on any atom is -0.482 e. The van der Waals surface area contributed by atoms with E-state index in [1.807, 2.05) is 6.92 Å². The van der Waals surface area contributed by atoms with Crippen LogP contribution < -0.4 is 10.1 Å². The molecule has 2 aliphatic rings. The number of carbonyl (C=O) groups is 2. The predicted molar refractivity (Wildman–Crippen MR) is 132 cm³/mol. The van der Waals surface area contributed by atoms with Crippen LogP contribution in [0.5, 0.6) is 5.75 Å². The van der Waals surface area contributed by atoms with E-state index in [0.717, 1.165) is 31.6 Å². The van der Waals surface area contributed by atoms with Gasteiger partial charge in [0.25, 0.3) is 5.91 Å². The van der Waals surface area contributed by atoms with Gasteiger partial charge in [0, 0.05) is 17.5 Å². The standard InChI is InChI=1S/C28H31FN2O4/c1-18-24-22(34-26(18)27(33)30-13-6-16-31-14-4-3-5-15-31)11-12-23-25(24)21(32)17-28(2,35-23)19-7-9-20(29)10-8-19/h7-12H,3-6,13-17H2,1-2H3,(H,30,33)/t28-/m1/s1. The smallest absolute Gasteiger partial charge is 0.287 e. The van der Waals surface area contributed by atoms with Crippen molar-refractivity contribution in [3.8, 4) is 5.75 Å². The molecule has 3 aromatic rings. The Kier molecular flexibility index (Phi) is 6.36. The number of carbonyl (C=O) groups excluding carboxylic acids is 2. The van der Waals surface area contributed by atoms with Crippen LogP contribution in [-0.4, -0.2) is 42.8 Å². The molecule has 1 aromatic heterocycles. The lowest BCUT2D eigenvalue weighted by Gasteiger charge is -2.35. The number of aryl methyl sites for hydroxylation is 1. The number of fused-ring (bicyclic) bond motifs is 3. The highest BCUT2D eigenvalue weighted by Crippen LogP contribution is 2.44. The fraction of sp³-hybridized carbons (Fsp3) is 0.429. The number of furan rings is 1. The van der Waals surface area contributed by atoms with E-state index in [0.29, 0.717) is 34.4 Å². The lowest BCUT2D eigenvalue weighted by molar-refractivity contribution is 0.0507.